The van der Waals surface area contributed by atoms with E-state index < -0.39 is 17.7 Å². The van der Waals surface area contributed by atoms with E-state index in [4.69, 9.17) is 11.6 Å². The van der Waals surface area contributed by atoms with Crippen molar-refractivity contribution in [3.05, 3.63) is 94.3 Å². The Balaban J connectivity index is 1.55. The molecule has 1 N–H and O–H groups in total. The van der Waals surface area contributed by atoms with Gasteiger partial charge in [0.1, 0.15) is 11.6 Å². The molecule has 0 unspecified atom stereocenters. The minimum Gasteiger partial charge on any atom is -0.352 e. The van der Waals surface area contributed by atoms with E-state index in [9.17, 15) is 18.4 Å². The number of carbonyl (C=O) groups excluding carboxylic acids is 2. The van der Waals surface area contributed by atoms with Crippen LogP contribution in [0.3, 0.4) is 0 Å². The quantitative estimate of drug-likeness (QED) is 0.655. The summed E-state index contributed by atoms with van der Waals surface area (Å²) >= 11 is 6.00. The second kappa shape index (κ2) is 8.20. The molecular weight excluding hydrogens is 412 g/mol. The Bertz CT molecular complexity index is 1120. The monoisotopic (exact) mass is 427 g/mol. The number of halogens is 3. The van der Waals surface area contributed by atoms with Gasteiger partial charge in [-0.05, 0) is 54.1 Å². The molecule has 0 saturated heterocycles. The molecule has 0 saturated carbocycles. The first kappa shape index (κ1) is 20.0. The fourth-order valence-corrected chi connectivity index (χ4v) is 3.69. The number of amides is 2. The van der Waals surface area contributed by atoms with Gasteiger partial charge in [0.05, 0.1) is 23.7 Å². The molecule has 3 aromatic rings. The van der Waals surface area contributed by atoms with E-state index in [1.54, 1.807) is 18.3 Å². The highest BCUT2D eigenvalue weighted by Crippen LogP contribution is 2.38. The molecule has 2 heterocycles. The molecule has 1 aliphatic heterocycles. The molecular formula is C22H16ClF2N3O2. The van der Waals surface area contributed by atoms with E-state index >= 15 is 0 Å². The number of hydrogen-bond acceptors (Lipinski definition) is 3. The maximum absolute atomic E-state index is 13.3. The molecule has 4 rings (SSSR count). The summed E-state index contributed by atoms with van der Waals surface area (Å²) in [6.07, 6.45) is 1.51. The van der Waals surface area contributed by atoms with Gasteiger partial charge in [-0.3, -0.25) is 19.5 Å². The lowest BCUT2D eigenvalue weighted by molar-refractivity contribution is -0.121. The van der Waals surface area contributed by atoms with Crippen LogP contribution in [0.25, 0.3) is 0 Å². The largest absolute Gasteiger partial charge is 0.352 e. The van der Waals surface area contributed by atoms with Crippen molar-refractivity contribution in [1.82, 2.24) is 10.3 Å². The van der Waals surface area contributed by atoms with Crippen molar-refractivity contribution in [2.45, 2.75) is 19.0 Å². The lowest BCUT2D eigenvalue weighted by Gasteiger charge is -2.24. The minimum absolute atomic E-state index is 0.0497. The van der Waals surface area contributed by atoms with Gasteiger partial charge in [-0.25, -0.2) is 8.78 Å². The number of rotatable bonds is 5. The predicted octanol–water partition coefficient (Wildman–Crippen LogP) is 4.42. The lowest BCUT2D eigenvalue weighted by Crippen LogP contribution is -2.33. The van der Waals surface area contributed by atoms with Crippen LogP contribution in [-0.4, -0.2) is 16.8 Å². The highest BCUT2D eigenvalue weighted by molar-refractivity contribution is 6.31. The number of nitrogens with one attached hydrogen (secondary N) is 1. The molecule has 1 aliphatic rings. The summed E-state index contributed by atoms with van der Waals surface area (Å²) in [4.78, 5) is 31.3. The first-order valence-electron chi connectivity index (χ1n) is 9.18. The predicted molar refractivity (Wildman–Crippen MR) is 108 cm³/mol. The zero-order valence-corrected chi connectivity index (χ0v) is 16.4. The van der Waals surface area contributed by atoms with E-state index in [-0.39, 0.29) is 29.8 Å². The lowest BCUT2D eigenvalue weighted by atomic mass is 10.1. The second-order valence-electron chi connectivity index (χ2n) is 6.82. The molecule has 0 bridgehead atoms. The number of anilines is 1. The molecule has 8 heteroatoms. The van der Waals surface area contributed by atoms with Crippen LogP contribution in [0, 0.1) is 11.6 Å². The highest BCUT2D eigenvalue weighted by Gasteiger charge is 2.39. The SMILES string of the molecule is O=C(C[C@@H]1c2ncccc2C(=O)N1c1ccc(F)cc1)NCc1ccc(F)cc1Cl. The van der Waals surface area contributed by atoms with Crippen LogP contribution < -0.4 is 10.2 Å². The summed E-state index contributed by atoms with van der Waals surface area (Å²) in [5, 5.41) is 2.96. The van der Waals surface area contributed by atoms with Crippen LogP contribution in [0.4, 0.5) is 14.5 Å². The van der Waals surface area contributed by atoms with E-state index in [2.05, 4.69) is 10.3 Å². The van der Waals surface area contributed by atoms with Crippen LogP contribution in [0.2, 0.25) is 5.02 Å². The number of pyridine rings is 1. The molecule has 0 spiro atoms. The summed E-state index contributed by atoms with van der Waals surface area (Å²) < 4.78 is 26.5. The van der Waals surface area contributed by atoms with Crippen molar-refractivity contribution in [2.24, 2.45) is 0 Å². The molecule has 2 aromatic carbocycles. The molecule has 1 atom stereocenters. The Labute approximate surface area is 176 Å². The van der Waals surface area contributed by atoms with Crippen LogP contribution in [0.1, 0.15) is 34.1 Å². The zero-order valence-electron chi connectivity index (χ0n) is 15.6. The van der Waals surface area contributed by atoms with Gasteiger partial charge in [0, 0.05) is 23.5 Å². The molecule has 2 amide bonds. The number of hydrogen-bond donors (Lipinski definition) is 1. The number of benzene rings is 2. The molecule has 0 aliphatic carbocycles. The summed E-state index contributed by atoms with van der Waals surface area (Å²) in [5.41, 5.74) is 1.93. The maximum Gasteiger partial charge on any atom is 0.260 e. The van der Waals surface area contributed by atoms with Crippen LogP contribution >= 0.6 is 11.6 Å². The number of nitrogens with zero attached hydrogens (tertiary/aromatic N) is 2. The van der Waals surface area contributed by atoms with Gasteiger partial charge < -0.3 is 5.32 Å². The van der Waals surface area contributed by atoms with Crippen LogP contribution in [0.15, 0.2) is 60.8 Å². The van der Waals surface area contributed by atoms with E-state index in [1.807, 2.05) is 0 Å². The number of aromatic nitrogens is 1. The van der Waals surface area contributed by atoms with Crippen LogP contribution in [-0.2, 0) is 11.3 Å². The topological polar surface area (TPSA) is 62.3 Å². The second-order valence-corrected chi connectivity index (χ2v) is 7.23. The molecule has 0 fully saturated rings. The van der Waals surface area contributed by atoms with Crippen molar-refractivity contribution < 1.29 is 18.4 Å². The van der Waals surface area contributed by atoms with Crippen molar-refractivity contribution in [3.63, 3.8) is 0 Å². The van der Waals surface area contributed by atoms with Crippen LogP contribution in [0.5, 0.6) is 0 Å². The summed E-state index contributed by atoms with van der Waals surface area (Å²) in [7, 11) is 0. The third kappa shape index (κ3) is 3.89. The van der Waals surface area contributed by atoms with Crippen molar-refractivity contribution >= 4 is 29.1 Å². The van der Waals surface area contributed by atoms with E-state index in [0.29, 0.717) is 22.5 Å². The third-order valence-corrected chi connectivity index (χ3v) is 5.24. The summed E-state index contributed by atoms with van der Waals surface area (Å²) in [6, 6.07) is 12.1. The van der Waals surface area contributed by atoms with Gasteiger partial charge in [-0.1, -0.05) is 17.7 Å². The Morgan fingerprint density at radius 2 is 1.83 bits per heavy atom. The summed E-state index contributed by atoms with van der Waals surface area (Å²) in [6.45, 7) is 0.115. The van der Waals surface area contributed by atoms with Gasteiger partial charge in [0.2, 0.25) is 5.91 Å². The smallest absolute Gasteiger partial charge is 0.260 e. The molecule has 152 valence electrons. The average Bonchev–Trinajstić information content (AvgIpc) is 3.00. The molecule has 30 heavy (non-hydrogen) atoms. The van der Waals surface area contributed by atoms with Gasteiger partial charge in [-0.15, -0.1) is 0 Å². The van der Waals surface area contributed by atoms with Crippen molar-refractivity contribution in [2.75, 3.05) is 4.90 Å². The highest BCUT2D eigenvalue weighted by atomic mass is 35.5. The number of fused-ring (bicyclic) bond motifs is 1. The molecule has 0 radical (unpaired) electrons. The fraction of sp³-hybridized carbons (Fsp3) is 0.136. The minimum atomic E-state index is -0.636. The third-order valence-electron chi connectivity index (χ3n) is 4.89. The standard InChI is InChI=1S/C22H16ClF2N3O2/c23-18-10-15(25)4-3-13(18)12-27-20(29)11-19-21-17(2-1-9-26-21)22(30)28(19)16-7-5-14(24)6-8-16/h1-10,19H,11-12H2,(H,27,29)/t19-/m1/s1. The van der Waals surface area contributed by atoms with Crippen molar-refractivity contribution in [1.29, 1.82) is 0 Å². The Morgan fingerprint density at radius 1 is 1.10 bits per heavy atom. The Kier molecular flexibility index (Phi) is 5.46. The van der Waals surface area contributed by atoms with Gasteiger partial charge >= 0.3 is 0 Å². The first-order chi connectivity index (χ1) is 14.4. The maximum atomic E-state index is 13.3. The Morgan fingerprint density at radius 3 is 2.57 bits per heavy atom. The molecule has 5 nitrogen and oxygen atoms in total. The molecule has 1 aromatic heterocycles. The van der Waals surface area contributed by atoms with E-state index in [0.717, 1.165) is 0 Å². The Hall–Kier alpha value is -3.32. The zero-order chi connectivity index (χ0) is 21.3. The fourth-order valence-electron chi connectivity index (χ4n) is 3.45. The van der Waals surface area contributed by atoms with Crippen molar-refractivity contribution in [3.8, 4) is 0 Å². The van der Waals surface area contributed by atoms with Gasteiger partial charge in [0.15, 0.2) is 0 Å². The number of carbonyl (C=O) groups is 2. The summed E-state index contributed by atoms with van der Waals surface area (Å²) in [5.74, 6) is -1.52. The van der Waals surface area contributed by atoms with Gasteiger partial charge in [0.25, 0.3) is 5.91 Å². The average molecular weight is 428 g/mol. The van der Waals surface area contributed by atoms with Gasteiger partial charge in [-0.2, -0.15) is 0 Å². The van der Waals surface area contributed by atoms with E-state index in [1.165, 1.54) is 47.4 Å². The normalized spacial score (nSPS) is 15.2. The first-order valence-corrected chi connectivity index (χ1v) is 9.56.